The second kappa shape index (κ2) is 5.63. The van der Waals surface area contributed by atoms with Crippen LogP contribution in [0.5, 0.6) is 5.75 Å². The molecule has 1 aliphatic rings. The number of phenolic OH excluding ortho intramolecular Hbond substituents is 1. The number of nitrogens with zero attached hydrogens (tertiary/aromatic N) is 1. The van der Waals surface area contributed by atoms with Crippen LogP contribution >= 0.6 is 0 Å². The standard InChI is InChI=1S/C18H22N2O2/c1-3-20(4-2)17-11-14(13-5-8-15(22)9-6-13)7-10-16(17)19-18(20)12-21/h5-11,18-19,21H,3-4,12H2,1-2H3/p+1. The van der Waals surface area contributed by atoms with Crippen molar-refractivity contribution in [1.82, 2.24) is 4.48 Å². The molecule has 4 heteroatoms. The molecule has 3 rings (SSSR count). The van der Waals surface area contributed by atoms with E-state index in [1.165, 1.54) is 5.69 Å². The van der Waals surface area contributed by atoms with E-state index in [4.69, 9.17) is 0 Å². The number of aromatic hydroxyl groups is 1. The second-order valence-electron chi connectivity index (χ2n) is 5.79. The van der Waals surface area contributed by atoms with Gasteiger partial charge in [0.1, 0.15) is 18.0 Å². The van der Waals surface area contributed by atoms with Crippen molar-refractivity contribution >= 4 is 11.4 Å². The zero-order chi connectivity index (χ0) is 15.7. The third kappa shape index (κ3) is 2.16. The van der Waals surface area contributed by atoms with Crippen LogP contribution in [0.15, 0.2) is 42.5 Å². The Labute approximate surface area is 131 Å². The Morgan fingerprint density at radius 2 is 1.64 bits per heavy atom. The Bertz CT molecular complexity index is 663. The van der Waals surface area contributed by atoms with Crippen molar-refractivity contribution in [1.29, 1.82) is 0 Å². The number of phenols is 1. The zero-order valence-corrected chi connectivity index (χ0v) is 13.1. The molecular weight excluding hydrogens is 276 g/mol. The van der Waals surface area contributed by atoms with Crippen molar-refractivity contribution in [2.75, 3.05) is 25.0 Å². The van der Waals surface area contributed by atoms with E-state index in [0.29, 0.717) is 0 Å². The Kier molecular flexibility index (Phi) is 3.81. The molecular formula is C18H23N2O2+. The van der Waals surface area contributed by atoms with Crippen LogP contribution in [-0.4, -0.2) is 36.1 Å². The maximum atomic E-state index is 9.75. The monoisotopic (exact) mass is 299 g/mol. The van der Waals surface area contributed by atoms with E-state index < -0.39 is 0 Å². The fourth-order valence-electron chi connectivity index (χ4n) is 3.53. The molecule has 0 bridgehead atoms. The van der Waals surface area contributed by atoms with Gasteiger partial charge in [0.05, 0.1) is 13.1 Å². The summed E-state index contributed by atoms with van der Waals surface area (Å²) in [6.07, 6.45) is 0.0140. The molecule has 1 heterocycles. The minimum atomic E-state index is 0.0140. The predicted molar refractivity (Wildman–Crippen MR) is 90.9 cm³/mol. The number of benzene rings is 2. The Hall–Kier alpha value is -2.04. The quantitative estimate of drug-likeness (QED) is 0.760. The van der Waals surface area contributed by atoms with Gasteiger partial charge in [-0.3, -0.25) is 4.48 Å². The van der Waals surface area contributed by atoms with E-state index in [-0.39, 0.29) is 18.5 Å². The summed E-state index contributed by atoms with van der Waals surface area (Å²) in [7, 11) is 0. The van der Waals surface area contributed by atoms with Crippen molar-refractivity contribution in [2.45, 2.75) is 20.0 Å². The van der Waals surface area contributed by atoms with E-state index >= 15 is 0 Å². The summed E-state index contributed by atoms with van der Waals surface area (Å²) in [5.41, 5.74) is 4.54. The van der Waals surface area contributed by atoms with E-state index in [2.05, 4.69) is 37.4 Å². The maximum absolute atomic E-state index is 9.75. The normalized spacial score (nSPS) is 18.8. The van der Waals surface area contributed by atoms with E-state index in [1.807, 2.05) is 12.1 Å². The summed E-state index contributed by atoms with van der Waals surface area (Å²) in [5, 5.41) is 22.6. The highest BCUT2D eigenvalue weighted by Gasteiger charge is 2.44. The van der Waals surface area contributed by atoms with Gasteiger partial charge in [-0.05, 0) is 43.2 Å². The van der Waals surface area contributed by atoms with Gasteiger partial charge in [0.15, 0.2) is 11.9 Å². The van der Waals surface area contributed by atoms with Crippen LogP contribution < -0.4 is 9.80 Å². The van der Waals surface area contributed by atoms with Crippen LogP contribution in [0.1, 0.15) is 13.8 Å². The molecule has 0 aliphatic carbocycles. The average Bonchev–Trinajstić information content (AvgIpc) is 2.88. The van der Waals surface area contributed by atoms with Crippen LogP contribution in [0.4, 0.5) is 11.4 Å². The van der Waals surface area contributed by atoms with Crippen molar-refractivity contribution in [3.63, 3.8) is 0 Å². The summed E-state index contributed by atoms with van der Waals surface area (Å²) < 4.78 is 0.748. The molecule has 0 fully saturated rings. The molecule has 22 heavy (non-hydrogen) atoms. The lowest BCUT2D eigenvalue weighted by Gasteiger charge is -2.36. The lowest BCUT2D eigenvalue weighted by atomic mass is 10.0. The summed E-state index contributed by atoms with van der Waals surface area (Å²) in [6, 6.07) is 13.6. The minimum Gasteiger partial charge on any atom is -0.508 e. The van der Waals surface area contributed by atoms with Gasteiger partial charge < -0.3 is 15.5 Å². The van der Waals surface area contributed by atoms with Crippen LogP contribution in [0.2, 0.25) is 0 Å². The Balaban J connectivity index is 2.09. The third-order valence-electron chi connectivity index (χ3n) is 4.90. The molecule has 2 aromatic carbocycles. The van der Waals surface area contributed by atoms with Gasteiger partial charge in [-0.15, -0.1) is 0 Å². The zero-order valence-electron chi connectivity index (χ0n) is 13.1. The number of rotatable bonds is 4. The number of hydrogen-bond donors (Lipinski definition) is 3. The molecule has 3 N–H and O–H groups in total. The van der Waals surface area contributed by atoms with Crippen molar-refractivity contribution in [2.24, 2.45) is 0 Å². The van der Waals surface area contributed by atoms with Gasteiger partial charge in [-0.25, -0.2) is 0 Å². The number of hydrogen-bond acceptors (Lipinski definition) is 3. The van der Waals surface area contributed by atoms with E-state index in [9.17, 15) is 10.2 Å². The highest BCUT2D eigenvalue weighted by Crippen LogP contribution is 2.43. The number of aliphatic hydroxyl groups is 1. The highest BCUT2D eigenvalue weighted by atomic mass is 16.3. The van der Waals surface area contributed by atoms with Gasteiger partial charge in [0, 0.05) is 6.07 Å². The first kappa shape index (κ1) is 14.9. The molecule has 4 nitrogen and oxygen atoms in total. The van der Waals surface area contributed by atoms with Crippen molar-refractivity contribution in [3.8, 4) is 16.9 Å². The van der Waals surface area contributed by atoms with Gasteiger partial charge in [0.2, 0.25) is 0 Å². The Morgan fingerprint density at radius 3 is 2.23 bits per heavy atom. The molecule has 0 amide bonds. The molecule has 0 aromatic heterocycles. The third-order valence-corrected chi connectivity index (χ3v) is 4.90. The molecule has 0 spiro atoms. The van der Waals surface area contributed by atoms with Gasteiger partial charge in [-0.2, -0.15) is 0 Å². The van der Waals surface area contributed by atoms with Crippen LogP contribution in [0.3, 0.4) is 0 Å². The second-order valence-corrected chi connectivity index (χ2v) is 5.79. The molecule has 1 unspecified atom stereocenters. The first-order chi connectivity index (χ1) is 10.6. The number of nitrogens with one attached hydrogen (secondary N) is 1. The summed E-state index contributed by atoms with van der Waals surface area (Å²) in [5.74, 6) is 0.277. The number of fused-ring (bicyclic) bond motifs is 1. The van der Waals surface area contributed by atoms with Crippen LogP contribution in [-0.2, 0) is 0 Å². The van der Waals surface area contributed by atoms with Gasteiger partial charge in [0.25, 0.3) is 0 Å². The summed E-state index contributed by atoms with van der Waals surface area (Å²) in [6.45, 7) is 6.30. The number of aliphatic hydroxyl groups excluding tert-OH is 1. The van der Waals surface area contributed by atoms with Crippen LogP contribution in [0.25, 0.3) is 11.1 Å². The predicted octanol–water partition coefficient (Wildman–Crippen LogP) is 3.15. The number of quaternary nitrogens is 1. The smallest absolute Gasteiger partial charge is 0.190 e. The lowest BCUT2D eigenvalue weighted by Crippen LogP contribution is -2.57. The highest BCUT2D eigenvalue weighted by molar-refractivity contribution is 5.80. The molecule has 0 saturated heterocycles. The van der Waals surface area contributed by atoms with Gasteiger partial charge in [-0.1, -0.05) is 18.2 Å². The van der Waals surface area contributed by atoms with Crippen molar-refractivity contribution < 1.29 is 10.2 Å². The topological polar surface area (TPSA) is 52.5 Å². The Morgan fingerprint density at radius 1 is 1.00 bits per heavy atom. The lowest BCUT2D eigenvalue weighted by molar-refractivity contribution is 0.163. The van der Waals surface area contributed by atoms with Crippen molar-refractivity contribution in [3.05, 3.63) is 42.5 Å². The first-order valence-electron chi connectivity index (χ1n) is 7.82. The largest absolute Gasteiger partial charge is 0.508 e. The fourth-order valence-corrected chi connectivity index (χ4v) is 3.53. The molecule has 0 radical (unpaired) electrons. The van der Waals surface area contributed by atoms with E-state index in [0.717, 1.165) is 34.4 Å². The molecule has 116 valence electrons. The summed E-state index contributed by atoms with van der Waals surface area (Å²) in [4.78, 5) is 0. The fraction of sp³-hybridized carbons (Fsp3) is 0.333. The minimum absolute atomic E-state index is 0.0140. The number of likely N-dealkylation sites (N-methyl/N-ethyl adjacent to an activating group) is 1. The average molecular weight is 299 g/mol. The van der Waals surface area contributed by atoms with Gasteiger partial charge >= 0.3 is 0 Å². The van der Waals surface area contributed by atoms with Crippen LogP contribution in [0, 0.1) is 0 Å². The maximum Gasteiger partial charge on any atom is 0.190 e. The first-order valence-corrected chi connectivity index (χ1v) is 7.82. The SMILES string of the molecule is CC[N+]1(CC)c2cc(-c3ccc(O)cc3)ccc2NC1CO. The number of anilines is 1. The molecule has 2 aromatic rings. The summed E-state index contributed by atoms with van der Waals surface area (Å²) >= 11 is 0. The molecule has 1 aliphatic heterocycles. The van der Waals surface area contributed by atoms with E-state index in [1.54, 1.807) is 12.1 Å². The molecule has 1 atom stereocenters. The molecule has 0 saturated carbocycles.